The first kappa shape index (κ1) is 21.1. The van der Waals surface area contributed by atoms with E-state index in [0.717, 1.165) is 28.1 Å². The monoisotopic (exact) mass is 455 g/mol. The van der Waals surface area contributed by atoms with Crippen molar-refractivity contribution in [1.82, 2.24) is 19.7 Å². The van der Waals surface area contributed by atoms with E-state index in [0.29, 0.717) is 29.4 Å². The topological polar surface area (TPSA) is 89.8 Å². The minimum atomic E-state index is 0.00335. The smallest absolute Gasteiger partial charge is 0.224 e. The molecule has 1 aliphatic heterocycles. The highest BCUT2D eigenvalue weighted by Gasteiger charge is 2.20. The number of fused-ring (bicyclic) bond motifs is 1. The fourth-order valence-corrected chi connectivity index (χ4v) is 4.59. The maximum atomic E-state index is 13.0. The number of pyridine rings is 1. The van der Waals surface area contributed by atoms with Crippen LogP contribution >= 0.6 is 11.8 Å². The number of hydrogen-bond donors (Lipinski definition) is 1. The Bertz CT molecular complexity index is 1330. The zero-order chi connectivity index (χ0) is 22.8. The van der Waals surface area contributed by atoms with Crippen LogP contribution in [0.25, 0.3) is 17.1 Å². The summed E-state index contributed by atoms with van der Waals surface area (Å²) in [5, 5.41) is 12.3. The molecule has 0 bridgehead atoms. The van der Waals surface area contributed by atoms with Gasteiger partial charge in [-0.15, -0.1) is 10.2 Å². The molecule has 0 saturated carbocycles. The van der Waals surface area contributed by atoms with Gasteiger partial charge in [-0.25, -0.2) is 0 Å². The minimum absolute atomic E-state index is 0.00335. The van der Waals surface area contributed by atoms with E-state index < -0.39 is 0 Å². The molecule has 0 fully saturated rings. The molecule has 0 atom stereocenters. The number of anilines is 1. The number of thioether (sulfide) groups is 1. The number of hydrogen-bond acceptors (Lipinski definition) is 6. The molecular formula is C25H21N5O2S. The van der Waals surface area contributed by atoms with E-state index in [1.807, 2.05) is 54.0 Å². The summed E-state index contributed by atoms with van der Waals surface area (Å²) in [7, 11) is 0. The molecule has 1 N–H and O–H groups in total. The zero-order valence-corrected chi connectivity index (χ0v) is 18.8. The minimum Gasteiger partial charge on any atom is -0.326 e. The predicted octanol–water partition coefficient (Wildman–Crippen LogP) is 4.50. The van der Waals surface area contributed by atoms with Gasteiger partial charge in [-0.05, 0) is 61.4 Å². The molecule has 4 aromatic rings. The number of aromatic nitrogens is 4. The highest BCUT2D eigenvalue weighted by molar-refractivity contribution is 7.99. The van der Waals surface area contributed by atoms with Crippen LogP contribution in [0.3, 0.4) is 0 Å². The molecule has 1 aliphatic rings. The normalized spacial score (nSPS) is 12.8. The van der Waals surface area contributed by atoms with Crippen molar-refractivity contribution in [1.29, 1.82) is 0 Å². The number of Topliss-reactive ketones (excluding diaryl/α,β-unsaturated/α-hetero) is 1. The van der Waals surface area contributed by atoms with Crippen molar-refractivity contribution in [2.45, 2.75) is 24.9 Å². The fraction of sp³-hybridized carbons (Fsp3) is 0.160. The summed E-state index contributed by atoms with van der Waals surface area (Å²) in [4.78, 5) is 28.6. The number of nitrogens with one attached hydrogen (secondary N) is 1. The molecule has 5 rings (SSSR count). The van der Waals surface area contributed by atoms with Crippen LogP contribution in [-0.4, -0.2) is 37.2 Å². The maximum Gasteiger partial charge on any atom is 0.224 e. The number of ketones is 1. The molecule has 2 aromatic heterocycles. The second-order valence-corrected chi connectivity index (χ2v) is 8.79. The summed E-state index contributed by atoms with van der Waals surface area (Å²) >= 11 is 1.36. The van der Waals surface area contributed by atoms with Gasteiger partial charge < -0.3 is 5.32 Å². The van der Waals surface area contributed by atoms with Crippen LogP contribution in [0.4, 0.5) is 5.69 Å². The van der Waals surface area contributed by atoms with E-state index in [9.17, 15) is 9.59 Å². The molecule has 164 valence electrons. The van der Waals surface area contributed by atoms with Crippen molar-refractivity contribution in [3.8, 4) is 17.1 Å². The highest BCUT2D eigenvalue weighted by Crippen LogP contribution is 2.29. The first-order valence-electron chi connectivity index (χ1n) is 10.6. The standard InChI is InChI=1S/C25H21N5O2S/c1-16-2-6-20(7-3-16)30-24(17-10-12-26-13-11-17)28-29-25(30)33-15-22(31)19-4-8-21-18(14-19)5-9-23(32)27-21/h2-4,6-8,10-14H,5,9,15H2,1H3,(H,27,32). The van der Waals surface area contributed by atoms with Crippen LogP contribution in [-0.2, 0) is 11.2 Å². The van der Waals surface area contributed by atoms with Crippen LogP contribution < -0.4 is 5.32 Å². The summed E-state index contributed by atoms with van der Waals surface area (Å²) in [5.74, 6) is 0.938. The SMILES string of the molecule is Cc1ccc(-n2c(SCC(=O)c3ccc4c(c3)CCC(=O)N4)nnc2-c2ccncc2)cc1. The van der Waals surface area contributed by atoms with E-state index in [1.165, 1.54) is 11.8 Å². The van der Waals surface area contributed by atoms with Gasteiger partial charge in [0.1, 0.15) is 0 Å². The Morgan fingerprint density at radius 3 is 2.61 bits per heavy atom. The maximum absolute atomic E-state index is 13.0. The Morgan fingerprint density at radius 1 is 1.03 bits per heavy atom. The summed E-state index contributed by atoms with van der Waals surface area (Å²) < 4.78 is 1.97. The van der Waals surface area contributed by atoms with Gasteiger partial charge in [0.2, 0.25) is 5.91 Å². The van der Waals surface area contributed by atoms with Crippen molar-refractivity contribution in [2.75, 3.05) is 11.1 Å². The quantitative estimate of drug-likeness (QED) is 0.340. The zero-order valence-electron chi connectivity index (χ0n) is 18.0. The third-order valence-corrected chi connectivity index (χ3v) is 6.45. The molecule has 1 amide bonds. The number of carbonyl (C=O) groups excluding carboxylic acids is 2. The van der Waals surface area contributed by atoms with Crippen molar-refractivity contribution >= 4 is 29.1 Å². The Kier molecular flexibility index (Phi) is 5.75. The third kappa shape index (κ3) is 4.42. The van der Waals surface area contributed by atoms with Gasteiger partial charge in [0.05, 0.1) is 5.75 Å². The number of nitrogens with zero attached hydrogens (tertiary/aromatic N) is 4. The Morgan fingerprint density at radius 2 is 1.82 bits per heavy atom. The number of rotatable bonds is 6. The Balaban J connectivity index is 1.42. The van der Waals surface area contributed by atoms with Crippen molar-refractivity contribution < 1.29 is 9.59 Å². The van der Waals surface area contributed by atoms with Crippen molar-refractivity contribution in [2.24, 2.45) is 0 Å². The summed E-state index contributed by atoms with van der Waals surface area (Å²) in [6.45, 7) is 2.04. The van der Waals surface area contributed by atoms with Crippen molar-refractivity contribution in [3.63, 3.8) is 0 Å². The lowest BCUT2D eigenvalue weighted by atomic mass is 9.99. The van der Waals surface area contributed by atoms with E-state index in [4.69, 9.17) is 0 Å². The Hall–Kier alpha value is -3.78. The molecule has 0 unspecified atom stereocenters. The number of amides is 1. The fourth-order valence-electron chi connectivity index (χ4n) is 3.75. The van der Waals surface area contributed by atoms with Gasteiger partial charge >= 0.3 is 0 Å². The van der Waals surface area contributed by atoms with E-state index in [-0.39, 0.29) is 17.4 Å². The summed E-state index contributed by atoms with van der Waals surface area (Å²) in [6, 6.07) is 17.3. The molecule has 0 spiro atoms. The summed E-state index contributed by atoms with van der Waals surface area (Å²) in [5.41, 5.74) is 5.40. The molecule has 0 radical (unpaired) electrons. The van der Waals surface area contributed by atoms with Gasteiger partial charge in [-0.3, -0.25) is 19.1 Å². The molecule has 0 saturated heterocycles. The molecule has 7 nitrogen and oxygen atoms in total. The molecule has 3 heterocycles. The van der Waals surface area contributed by atoms with Gasteiger partial charge in [0.25, 0.3) is 0 Å². The van der Waals surface area contributed by atoms with Crippen LogP contribution in [0.15, 0.2) is 72.1 Å². The molecule has 2 aromatic carbocycles. The number of benzene rings is 2. The molecular weight excluding hydrogens is 434 g/mol. The first-order chi connectivity index (χ1) is 16.1. The van der Waals surface area contributed by atoms with Crippen LogP contribution in [0, 0.1) is 6.92 Å². The van der Waals surface area contributed by atoms with Gasteiger partial charge in [-0.1, -0.05) is 29.5 Å². The second-order valence-electron chi connectivity index (χ2n) is 7.84. The van der Waals surface area contributed by atoms with Crippen molar-refractivity contribution in [3.05, 3.63) is 83.7 Å². The first-order valence-corrected chi connectivity index (χ1v) is 11.6. The average Bonchev–Trinajstić information content (AvgIpc) is 3.27. The average molecular weight is 456 g/mol. The highest BCUT2D eigenvalue weighted by atomic mass is 32.2. The number of aryl methyl sites for hydroxylation is 2. The third-order valence-electron chi connectivity index (χ3n) is 5.52. The molecule has 8 heteroatoms. The lowest BCUT2D eigenvalue weighted by Crippen LogP contribution is -2.19. The lowest BCUT2D eigenvalue weighted by Gasteiger charge is -2.17. The van der Waals surface area contributed by atoms with Crippen LogP contribution in [0.1, 0.15) is 27.9 Å². The Labute approximate surface area is 195 Å². The lowest BCUT2D eigenvalue weighted by molar-refractivity contribution is -0.116. The van der Waals surface area contributed by atoms with E-state index in [2.05, 4.69) is 20.5 Å². The van der Waals surface area contributed by atoms with Gasteiger partial charge in [0, 0.05) is 41.3 Å². The largest absolute Gasteiger partial charge is 0.326 e. The van der Waals surface area contributed by atoms with Gasteiger partial charge in [0.15, 0.2) is 16.8 Å². The molecule has 33 heavy (non-hydrogen) atoms. The number of carbonyl (C=O) groups is 2. The molecule has 0 aliphatic carbocycles. The van der Waals surface area contributed by atoms with Crippen LogP contribution in [0.5, 0.6) is 0 Å². The van der Waals surface area contributed by atoms with Gasteiger partial charge in [-0.2, -0.15) is 0 Å². The predicted molar refractivity (Wildman–Crippen MR) is 128 cm³/mol. The summed E-state index contributed by atoms with van der Waals surface area (Å²) in [6.07, 6.45) is 4.53. The van der Waals surface area contributed by atoms with E-state index >= 15 is 0 Å². The van der Waals surface area contributed by atoms with E-state index in [1.54, 1.807) is 24.5 Å². The second kappa shape index (κ2) is 8.99. The van der Waals surface area contributed by atoms with Crippen LogP contribution in [0.2, 0.25) is 0 Å².